The molecule has 0 aliphatic heterocycles. The van der Waals surface area contributed by atoms with Crippen LogP contribution < -0.4 is 10.6 Å². The molecule has 3 rings (SSSR count). The van der Waals surface area contributed by atoms with Crippen molar-refractivity contribution in [2.24, 2.45) is 5.41 Å². The Kier molecular flexibility index (Phi) is 5.82. The summed E-state index contributed by atoms with van der Waals surface area (Å²) in [6.45, 7) is 3.31. The molecule has 1 aromatic rings. The summed E-state index contributed by atoms with van der Waals surface area (Å²) in [7, 11) is 4.35. The Balaban J connectivity index is 1.52. The van der Waals surface area contributed by atoms with Gasteiger partial charge in [0, 0.05) is 18.6 Å². The van der Waals surface area contributed by atoms with Gasteiger partial charge in [0.15, 0.2) is 0 Å². The SMILES string of the molecule is CN(C)C1(c2ccccc2)CCC(C)(CNC(=O)NCC2(O)CCC2)CC1. The largest absolute Gasteiger partial charge is 0.388 e. The molecule has 150 valence electrons. The maximum atomic E-state index is 12.1. The molecule has 3 N–H and O–H groups in total. The Hall–Kier alpha value is -1.59. The predicted molar refractivity (Wildman–Crippen MR) is 109 cm³/mol. The standard InChI is InChI=1S/C22H35N3O2/c1-20(16-23-19(26)24-17-21(27)10-7-11-21)12-14-22(15-13-20,25(2)3)18-8-5-4-6-9-18/h4-6,8-9,27H,7,10-17H2,1-3H3,(H2,23,24,26). The first-order chi connectivity index (χ1) is 12.8. The van der Waals surface area contributed by atoms with Crippen molar-refractivity contribution >= 4 is 6.03 Å². The number of carbonyl (C=O) groups excluding carboxylic acids is 1. The van der Waals surface area contributed by atoms with Crippen molar-refractivity contribution in [2.75, 3.05) is 27.2 Å². The number of aliphatic hydroxyl groups is 1. The van der Waals surface area contributed by atoms with Crippen LogP contribution in [0, 0.1) is 5.41 Å². The lowest BCUT2D eigenvalue weighted by Crippen LogP contribution is -2.52. The molecule has 0 radical (unpaired) electrons. The van der Waals surface area contributed by atoms with E-state index in [0.717, 1.165) is 44.9 Å². The quantitative estimate of drug-likeness (QED) is 0.717. The van der Waals surface area contributed by atoms with E-state index in [1.54, 1.807) is 0 Å². The molecule has 0 spiro atoms. The molecule has 0 bridgehead atoms. The van der Waals surface area contributed by atoms with Crippen LogP contribution in [0.3, 0.4) is 0 Å². The van der Waals surface area contributed by atoms with Crippen LogP contribution in [0.2, 0.25) is 0 Å². The average Bonchev–Trinajstić information content (AvgIpc) is 2.64. The van der Waals surface area contributed by atoms with Gasteiger partial charge in [-0.1, -0.05) is 37.3 Å². The number of rotatable bonds is 6. The Morgan fingerprint density at radius 2 is 1.59 bits per heavy atom. The second-order valence-corrected chi connectivity index (χ2v) is 9.22. The minimum absolute atomic E-state index is 0.0799. The van der Waals surface area contributed by atoms with Crippen LogP contribution in [0.15, 0.2) is 30.3 Å². The van der Waals surface area contributed by atoms with Crippen LogP contribution in [0.4, 0.5) is 4.79 Å². The van der Waals surface area contributed by atoms with Crippen molar-refractivity contribution in [1.82, 2.24) is 15.5 Å². The highest BCUT2D eigenvalue weighted by atomic mass is 16.3. The summed E-state index contributed by atoms with van der Waals surface area (Å²) in [6.07, 6.45) is 6.95. The third-order valence-corrected chi connectivity index (χ3v) is 6.99. The average molecular weight is 374 g/mol. The normalized spacial score (nSPS) is 29.8. The fourth-order valence-corrected chi connectivity index (χ4v) is 4.55. The maximum absolute atomic E-state index is 12.1. The number of amides is 2. The third kappa shape index (κ3) is 4.46. The van der Waals surface area contributed by atoms with E-state index in [0.29, 0.717) is 13.1 Å². The van der Waals surface area contributed by atoms with Gasteiger partial charge in [0.05, 0.1) is 5.60 Å². The summed E-state index contributed by atoms with van der Waals surface area (Å²) in [5.41, 5.74) is 0.902. The minimum atomic E-state index is -0.674. The number of nitrogens with one attached hydrogen (secondary N) is 2. The Bertz CT molecular complexity index is 632. The summed E-state index contributed by atoms with van der Waals surface area (Å²) < 4.78 is 0. The molecule has 2 fully saturated rings. The zero-order valence-corrected chi connectivity index (χ0v) is 17.1. The van der Waals surface area contributed by atoms with Crippen molar-refractivity contribution < 1.29 is 9.90 Å². The second-order valence-electron chi connectivity index (χ2n) is 9.22. The summed E-state index contributed by atoms with van der Waals surface area (Å²) in [5, 5.41) is 16.0. The maximum Gasteiger partial charge on any atom is 0.314 e. The molecule has 0 heterocycles. The lowest BCUT2D eigenvalue weighted by molar-refractivity contribution is -0.0291. The van der Waals surface area contributed by atoms with Crippen LogP contribution in [0.1, 0.15) is 57.4 Å². The van der Waals surface area contributed by atoms with Crippen molar-refractivity contribution in [2.45, 2.75) is 63.0 Å². The first-order valence-corrected chi connectivity index (χ1v) is 10.2. The van der Waals surface area contributed by atoms with Gasteiger partial charge in [-0.05, 0) is 70.0 Å². The van der Waals surface area contributed by atoms with Crippen LogP contribution in [0.5, 0.6) is 0 Å². The van der Waals surface area contributed by atoms with E-state index in [4.69, 9.17) is 0 Å². The number of hydrogen-bond donors (Lipinski definition) is 3. The van der Waals surface area contributed by atoms with Crippen LogP contribution >= 0.6 is 0 Å². The summed E-state index contributed by atoms with van der Waals surface area (Å²) in [6, 6.07) is 10.6. The van der Waals surface area contributed by atoms with Gasteiger partial charge in [-0.2, -0.15) is 0 Å². The summed E-state index contributed by atoms with van der Waals surface area (Å²) in [5.74, 6) is 0. The zero-order valence-electron chi connectivity index (χ0n) is 17.1. The van der Waals surface area contributed by atoms with E-state index >= 15 is 0 Å². The van der Waals surface area contributed by atoms with E-state index in [9.17, 15) is 9.90 Å². The summed E-state index contributed by atoms with van der Waals surface area (Å²) >= 11 is 0. The molecule has 27 heavy (non-hydrogen) atoms. The van der Waals surface area contributed by atoms with Crippen molar-refractivity contribution in [3.63, 3.8) is 0 Å². The van der Waals surface area contributed by atoms with Gasteiger partial charge < -0.3 is 15.7 Å². The van der Waals surface area contributed by atoms with Crippen LogP contribution in [0.25, 0.3) is 0 Å². The highest BCUT2D eigenvalue weighted by molar-refractivity contribution is 5.73. The number of benzene rings is 1. The summed E-state index contributed by atoms with van der Waals surface area (Å²) in [4.78, 5) is 14.5. The van der Waals surface area contributed by atoms with E-state index < -0.39 is 5.60 Å². The first kappa shape index (κ1) is 20.2. The van der Waals surface area contributed by atoms with E-state index in [1.165, 1.54) is 5.56 Å². The molecule has 5 heteroatoms. The fraction of sp³-hybridized carbons (Fsp3) is 0.682. The molecule has 0 unspecified atom stereocenters. The highest BCUT2D eigenvalue weighted by Crippen LogP contribution is 2.47. The van der Waals surface area contributed by atoms with Gasteiger partial charge in [0.1, 0.15) is 0 Å². The molecule has 2 aliphatic carbocycles. The Morgan fingerprint density at radius 3 is 2.11 bits per heavy atom. The third-order valence-electron chi connectivity index (χ3n) is 6.99. The topological polar surface area (TPSA) is 64.6 Å². The molecule has 0 aromatic heterocycles. The predicted octanol–water partition coefficient (Wildman–Crippen LogP) is 3.24. The minimum Gasteiger partial charge on any atom is -0.388 e. The van der Waals surface area contributed by atoms with E-state index in [-0.39, 0.29) is 17.0 Å². The van der Waals surface area contributed by atoms with Crippen LogP contribution in [-0.4, -0.2) is 48.8 Å². The van der Waals surface area contributed by atoms with Gasteiger partial charge in [-0.15, -0.1) is 0 Å². The lowest BCUT2D eigenvalue weighted by Gasteiger charge is -2.49. The molecule has 5 nitrogen and oxygen atoms in total. The molecular weight excluding hydrogens is 338 g/mol. The number of carbonyl (C=O) groups is 1. The smallest absolute Gasteiger partial charge is 0.314 e. The molecule has 0 saturated heterocycles. The molecule has 0 atom stereocenters. The zero-order chi connectivity index (χ0) is 19.5. The monoisotopic (exact) mass is 373 g/mol. The van der Waals surface area contributed by atoms with Crippen molar-refractivity contribution in [1.29, 1.82) is 0 Å². The Labute approximate surface area is 163 Å². The number of urea groups is 1. The van der Waals surface area contributed by atoms with E-state index in [2.05, 4.69) is 66.9 Å². The highest BCUT2D eigenvalue weighted by Gasteiger charge is 2.43. The van der Waals surface area contributed by atoms with Crippen molar-refractivity contribution in [3.05, 3.63) is 35.9 Å². The molecular formula is C22H35N3O2. The van der Waals surface area contributed by atoms with Gasteiger partial charge in [-0.25, -0.2) is 4.79 Å². The molecule has 2 aliphatic rings. The van der Waals surface area contributed by atoms with Gasteiger partial charge in [0.2, 0.25) is 0 Å². The lowest BCUT2D eigenvalue weighted by atomic mass is 9.65. The van der Waals surface area contributed by atoms with Gasteiger partial charge in [-0.3, -0.25) is 4.90 Å². The van der Waals surface area contributed by atoms with Crippen LogP contribution in [-0.2, 0) is 5.54 Å². The van der Waals surface area contributed by atoms with E-state index in [1.807, 2.05) is 0 Å². The number of hydrogen-bond acceptors (Lipinski definition) is 3. The molecule has 2 saturated carbocycles. The molecule has 1 aromatic carbocycles. The van der Waals surface area contributed by atoms with Gasteiger partial charge in [0.25, 0.3) is 0 Å². The second kappa shape index (κ2) is 7.80. The Morgan fingerprint density at radius 1 is 1.00 bits per heavy atom. The first-order valence-electron chi connectivity index (χ1n) is 10.2. The molecule has 2 amide bonds. The fourth-order valence-electron chi connectivity index (χ4n) is 4.55. The number of nitrogens with zero attached hydrogens (tertiary/aromatic N) is 1. The van der Waals surface area contributed by atoms with Gasteiger partial charge >= 0.3 is 6.03 Å². The van der Waals surface area contributed by atoms with Crippen molar-refractivity contribution in [3.8, 4) is 0 Å².